The van der Waals surface area contributed by atoms with E-state index in [1.54, 1.807) is 0 Å². The van der Waals surface area contributed by atoms with Gasteiger partial charge >= 0.3 is 5.97 Å². The molecule has 0 aliphatic carbocycles. The Morgan fingerprint density at radius 1 is 1.26 bits per heavy atom. The third-order valence-electron chi connectivity index (χ3n) is 4.87. The highest BCUT2D eigenvalue weighted by Crippen LogP contribution is 2.30. The lowest BCUT2D eigenvalue weighted by atomic mass is 9.92. The minimum atomic E-state index is -3.71. The zero-order chi connectivity index (χ0) is 26.2. The molecule has 9 nitrogen and oxygen atoms in total. The molecule has 2 atom stereocenters. The first-order valence-electron chi connectivity index (χ1n) is 10.4. The molecule has 0 amide bonds. The average Bonchev–Trinajstić information content (AvgIpc) is 2.71. The van der Waals surface area contributed by atoms with E-state index in [2.05, 4.69) is 11.6 Å². The zero-order valence-corrected chi connectivity index (χ0v) is 20.5. The fourth-order valence-electron chi connectivity index (χ4n) is 2.74. The van der Waals surface area contributed by atoms with Gasteiger partial charge in [0, 0.05) is 24.6 Å². The maximum atomic E-state index is 13.6. The van der Waals surface area contributed by atoms with Gasteiger partial charge in [-0.1, -0.05) is 32.6 Å². The third-order valence-corrected chi connectivity index (χ3v) is 6.05. The molecule has 0 radical (unpaired) electrons. The highest BCUT2D eigenvalue weighted by Gasteiger charge is 2.19. The number of carboxylic acid groups (broad SMARTS) is 1. The van der Waals surface area contributed by atoms with Gasteiger partial charge in [0.05, 0.1) is 30.6 Å². The number of guanidine groups is 1. The largest absolute Gasteiger partial charge is 0.481 e. The number of benzene rings is 1. The fraction of sp³-hybridized carbons (Fsp3) is 0.391. The van der Waals surface area contributed by atoms with Gasteiger partial charge in [0.2, 0.25) is 16.0 Å². The number of aliphatic carboxylic acids is 1. The van der Waals surface area contributed by atoms with E-state index in [1.165, 1.54) is 43.5 Å². The van der Waals surface area contributed by atoms with E-state index >= 15 is 0 Å². The molecule has 1 rings (SSSR count). The molecule has 1 aromatic rings. The first-order chi connectivity index (χ1) is 15.6. The van der Waals surface area contributed by atoms with Gasteiger partial charge in [-0.25, -0.2) is 22.1 Å². The number of aliphatic hydroxyl groups excluding tert-OH is 2. The molecule has 1 aromatic carbocycles. The summed E-state index contributed by atoms with van der Waals surface area (Å²) in [5.74, 6) is -2.14. The van der Waals surface area contributed by atoms with Crippen molar-refractivity contribution in [3.63, 3.8) is 0 Å². The SMILES string of the molecule is C=C(C(/C=C/[C@H](O)C[C@@H](O)CC(=O)O)=C(\N=C(/N)N(C)S(C)(=O)=O)c1ccc(F)cc1)C(C)C. The Balaban J connectivity index is 3.66. The van der Waals surface area contributed by atoms with E-state index in [0.29, 0.717) is 16.7 Å². The molecule has 0 saturated heterocycles. The van der Waals surface area contributed by atoms with Crippen molar-refractivity contribution < 1.29 is 32.9 Å². The van der Waals surface area contributed by atoms with Crippen LogP contribution in [0.4, 0.5) is 4.39 Å². The highest BCUT2D eigenvalue weighted by molar-refractivity contribution is 7.88. The van der Waals surface area contributed by atoms with Gasteiger partial charge in [0.1, 0.15) is 5.82 Å². The smallest absolute Gasteiger partial charge is 0.305 e. The Morgan fingerprint density at radius 2 is 1.82 bits per heavy atom. The normalized spacial score (nSPS) is 15.2. The van der Waals surface area contributed by atoms with Crippen LogP contribution in [0.5, 0.6) is 0 Å². The van der Waals surface area contributed by atoms with Crippen LogP contribution in [0.1, 0.15) is 32.3 Å². The summed E-state index contributed by atoms with van der Waals surface area (Å²) in [6.07, 6.45) is 0.582. The summed E-state index contributed by atoms with van der Waals surface area (Å²) in [4.78, 5) is 15.0. The molecule has 5 N–H and O–H groups in total. The zero-order valence-electron chi connectivity index (χ0n) is 19.6. The van der Waals surface area contributed by atoms with E-state index in [9.17, 15) is 27.8 Å². The molecular weight excluding hydrogens is 465 g/mol. The molecule has 0 unspecified atom stereocenters. The number of allylic oxidation sites excluding steroid dienone is 3. The van der Waals surface area contributed by atoms with Crippen LogP contribution in [-0.4, -0.2) is 65.5 Å². The number of hydrogen-bond acceptors (Lipinski definition) is 6. The number of carbonyl (C=O) groups is 1. The quantitative estimate of drug-likeness (QED) is 0.207. The molecule has 0 aliphatic heterocycles. The van der Waals surface area contributed by atoms with Crippen LogP contribution in [-0.2, 0) is 14.8 Å². The summed E-state index contributed by atoms with van der Waals surface area (Å²) in [7, 11) is -2.48. The van der Waals surface area contributed by atoms with E-state index < -0.39 is 40.4 Å². The van der Waals surface area contributed by atoms with Crippen LogP contribution in [0.15, 0.2) is 59.1 Å². The molecule has 0 fully saturated rings. The molecule has 188 valence electrons. The second kappa shape index (κ2) is 12.4. The van der Waals surface area contributed by atoms with Crippen LogP contribution < -0.4 is 5.73 Å². The van der Waals surface area contributed by atoms with Crippen molar-refractivity contribution in [1.82, 2.24) is 4.31 Å². The molecule has 0 spiro atoms. The van der Waals surface area contributed by atoms with Gasteiger partial charge in [0.25, 0.3) is 0 Å². The van der Waals surface area contributed by atoms with Gasteiger partial charge in [0.15, 0.2) is 0 Å². The minimum Gasteiger partial charge on any atom is -0.481 e. The maximum Gasteiger partial charge on any atom is 0.305 e. The first kappa shape index (κ1) is 29.0. The predicted octanol–water partition coefficient (Wildman–Crippen LogP) is 2.10. The number of hydrogen-bond donors (Lipinski definition) is 4. The summed E-state index contributed by atoms with van der Waals surface area (Å²) in [6, 6.07) is 5.29. The van der Waals surface area contributed by atoms with Crippen LogP contribution in [0.2, 0.25) is 0 Å². The first-order valence-corrected chi connectivity index (χ1v) is 12.2. The van der Waals surface area contributed by atoms with Crippen LogP contribution >= 0.6 is 0 Å². The monoisotopic (exact) mass is 497 g/mol. The predicted molar refractivity (Wildman–Crippen MR) is 130 cm³/mol. The number of sulfonamides is 1. The number of nitrogens with zero attached hydrogens (tertiary/aromatic N) is 2. The van der Waals surface area contributed by atoms with Gasteiger partial charge in [-0.15, -0.1) is 0 Å². The van der Waals surface area contributed by atoms with Crippen molar-refractivity contribution in [1.29, 1.82) is 0 Å². The maximum absolute atomic E-state index is 13.6. The molecule has 0 heterocycles. The lowest BCUT2D eigenvalue weighted by molar-refractivity contribution is -0.139. The molecule has 34 heavy (non-hydrogen) atoms. The van der Waals surface area contributed by atoms with Crippen LogP contribution in [0, 0.1) is 11.7 Å². The molecular formula is C23H32FN3O6S. The number of nitrogens with two attached hydrogens (primary N) is 1. The summed E-state index contributed by atoms with van der Waals surface area (Å²) in [5, 5.41) is 28.8. The van der Waals surface area contributed by atoms with Crippen molar-refractivity contribution in [2.45, 2.75) is 38.9 Å². The summed E-state index contributed by atoms with van der Waals surface area (Å²) in [6.45, 7) is 7.79. The van der Waals surface area contributed by atoms with Crippen molar-refractivity contribution >= 4 is 27.6 Å². The third kappa shape index (κ3) is 9.08. The Kier molecular flexibility index (Phi) is 10.6. The second-order valence-corrected chi connectivity index (χ2v) is 10.1. The average molecular weight is 498 g/mol. The number of carboxylic acids is 1. The summed E-state index contributed by atoms with van der Waals surface area (Å²) in [5.41, 5.74) is 7.49. The minimum absolute atomic E-state index is 0.103. The Hall–Kier alpha value is -3.02. The fourth-order valence-corrected chi connectivity index (χ4v) is 3.12. The standard InChI is InChI=1S/C23H32FN3O6S/c1-14(2)15(3)20(11-10-18(28)12-19(29)13-21(30)31)22(16-6-8-17(24)9-7-16)26-23(25)27(4)34(5,32)33/h6-11,14,18-19,28-29H,3,12-13H2,1-2,4-5H3,(H2,25,26)(H,30,31)/b11-10+,22-20-/t18-,19+/m0/s1. The van der Waals surface area contributed by atoms with Crippen molar-refractivity contribution in [2.75, 3.05) is 13.3 Å². The highest BCUT2D eigenvalue weighted by atomic mass is 32.2. The van der Waals surface area contributed by atoms with Crippen molar-refractivity contribution in [2.24, 2.45) is 16.6 Å². The number of halogens is 1. The molecule has 0 bridgehead atoms. The van der Waals surface area contributed by atoms with E-state index in [-0.39, 0.29) is 24.0 Å². The second-order valence-electron chi connectivity index (χ2n) is 8.06. The summed E-state index contributed by atoms with van der Waals surface area (Å²) >= 11 is 0. The molecule has 0 aromatic heterocycles. The number of rotatable bonds is 11. The van der Waals surface area contributed by atoms with Gasteiger partial charge < -0.3 is 21.1 Å². The lowest BCUT2D eigenvalue weighted by Gasteiger charge is -2.19. The number of aliphatic imine (C=N–C) groups is 1. The van der Waals surface area contributed by atoms with Crippen molar-refractivity contribution in [3.8, 4) is 0 Å². The van der Waals surface area contributed by atoms with E-state index in [1.807, 2.05) is 13.8 Å². The molecule has 0 saturated carbocycles. The lowest BCUT2D eigenvalue weighted by Crippen LogP contribution is -2.38. The Bertz CT molecular complexity index is 1080. The van der Waals surface area contributed by atoms with Gasteiger partial charge in [-0.3, -0.25) is 4.79 Å². The van der Waals surface area contributed by atoms with E-state index in [0.717, 1.165) is 10.6 Å². The van der Waals surface area contributed by atoms with Gasteiger partial charge in [-0.2, -0.15) is 0 Å². The van der Waals surface area contributed by atoms with E-state index in [4.69, 9.17) is 10.8 Å². The molecule has 11 heteroatoms. The Morgan fingerprint density at radius 3 is 2.29 bits per heavy atom. The molecule has 0 aliphatic rings. The Labute approximate surface area is 199 Å². The topological polar surface area (TPSA) is 154 Å². The van der Waals surface area contributed by atoms with Crippen LogP contribution in [0.25, 0.3) is 5.70 Å². The van der Waals surface area contributed by atoms with Gasteiger partial charge in [-0.05, 0) is 35.8 Å². The summed E-state index contributed by atoms with van der Waals surface area (Å²) < 4.78 is 38.2. The van der Waals surface area contributed by atoms with Crippen LogP contribution in [0.3, 0.4) is 0 Å². The number of aliphatic hydroxyl groups is 2. The van der Waals surface area contributed by atoms with Crippen molar-refractivity contribution in [3.05, 3.63) is 65.5 Å².